The number of aryl methyl sites for hydroxylation is 1. The number of benzene rings is 1. The summed E-state index contributed by atoms with van der Waals surface area (Å²) >= 11 is 0. The Hall–Kier alpha value is -1.35. The van der Waals surface area contributed by atoms with Gasteiger partial charge in [0.25, 0.3) is 0 Å². The van der Waals surface area contributed by atoms with Gasteiger partial charge in [-0.25, -0.2) is 0 Å². The van der Waals surface area contributed by atoms with Crippen LogP contribution in [0.4, 0.5) is 0 Å². The fraction of sp³-hybridized carbons (Fsp3) is 0.562. The lowest BCUT2D eigenvalue weighted by Gasteiger charge is -2.27. The molecule has 0 heterocycles. The molecule has 1 saturated carbocycles. The van der Waals surface area contributed by atoms with Crippen LogP contribution in [-0.2, 0) is 4.79 Å². The van der Waals surface area contributed by atoms with Crippen LogP contribution < -0.4 is 11.1 Å². The van der Waals surface area contributed by atoms with E-state index in [0.29, 0.717) is 5.92 Å². The highest BCUT2D eigenvalue weighted by Crippen LogP contribution is 2.38. The van der Waals surface area contributed by atoms with Crippen LogP contribution in [0.15, 0.2) is 24.3 Å². The molecule has 0 saturated heterocycles. The Bertz CT molecular complexity index is 446. The fourth-order valence-electron chi connectivity index (χ4n) is 2.40. The molecule has 3 heteroatoms. The molecule has 3 N–H and O–H groups in total. The predicted octanol–water partition coefficient (Wildman–Crippen LogP) is 2.69. The van der Waals surface area contributed by atoms with Gasteiger partial charge in [0.15, 0.2) is 0 Å². The molecule has 1 aliphatic carbocycles. The van der Waals surface area contributed by atoms with Gasteiger partial charge in [-0.15, -0.1) is 0 Å². The summed E-state index contributed by atoms with van der Waals surface area (Å²) in [4.78, 5) is 12.3. The zero-order valence-corrected chi connectivity index (χ0v) is 12.1. The molecule has 1 fully saturated rings. The van der Waals surface area contributed by atoms with Gasteiger partial charge in [-0.1, -0.05) is 36.8 Å². The second-order valence-corrected chi connectivity index (χ2v) is 5.90. The number of carbonyl (C=O) groups excluding carboxylic acids is 1. The van der Waals surface area contributed by atoms with Crippen molar-refractivity contribution in [2.24, 2.45) is 11.7 Å². The first-order chi connectivity index (χ1) is 8.95. The Labute approximate surface area is 115 Å². The van der Waals surface area contributed by atoms with Crippen LogP contribution in [-0.4, -0.2) is 11.4 Å². The van der Waals surface area contributed by atoms with Crippen molar-refractivity contribution in [3.8, 4) is 0 Å². The van der Waals surface area contributed by atoms with Crippen molar-refractivity contribution in [1.82, 2.24) is 5.32 Å². The fourth-order valence-corrected chi connectivity index (χ4v) is 2.40. The summed E-state index contributed by atoms with van der Waals surface area (Å²) in [6.45, 7) is 5.99. The molecule has 0 aromatic heterocycles. The van der Waals surface area contributed by atoms with Crippen molar-refractivity contribution in [3.63, 3.8) is 0 Å². The maximum atomic E-state index is 12.3. The van der Waals surface area contributed by atoms with Crippen LogP contribution in [0.3, 0.4) is 0 Å². The topological polar surface area (TPSA) is 55.1 Å². The third-order valence-electron chi connectivity index (χ3n) is 4.11. The normalized spacial score (nSPS) is 19.6. The van der Waals surface area contributed by atoms with E-state index in [9.17, 15) is 4.79 Å². The Morgan fingerprint density at radius 2 is 2.00 bits per heavy atom. The number of hydrogen-bond acceptors (Lipinski definition) is 2. The van der Waals surface area contributed by atoms with E-state index in [0.717, 1.165) is 24.8 Å². The Kier molecular flexibility index (Phi) is 3.95. The zero-order chi connectivity index (χ0) is 14.0. The quantitative estimate of drug-likeness (QED) is 0.855. The summed E-state index contributed by atoms with van der Waals surface area (Å²) in [5.74, 6) is 0.324. The summed E-state index contributed by atoms with van der Waals surface area (Å²) in [5, 5.41) is 3.10. The van der Waals surface area contributed by atoms with E-state index in [4.69, 9.17) is 5.73 Å². The molecule has 1 aliphatic rings. The maximum absolute atomic E-state index is 12.3. The average molecular weight is 260 g/mol. The minimum atomic E-state index is -0.724. The second kappa shape index (κ2) is 5.33. The van der Waals surface area contributed by atoms with Gasteiger partial charge in [0, 0.05) is 0 Å². The molecule has 0 aliphatic heterocycles. The van der Waals surface area contributed by atoms with Gasteiger partial charge in [0.2, 0.25) is 5.91 Å². The molecule has 0 radical (unpaired) electrons. The van der Waals surface area contributed by atoms with E-state index in [1.165, 1.54) is 5.56 Å². The molecule has 1 aromatic rings. The number of hydrogen-bond donors (Lipinski definition) is 2. The predicted molar refractivity (Wildman–Crippen MR) is 77.7 cm³/mol. The van der Waals surface area contributed by atoms with E-state index in [2.05, 4.69) is 43.4 Å². The zero-order valence-electron chi connectivity index (χ0n) is 12.1. The first-order valence-electron chi connectivity index (χ1n) is 7.11. The SMILES string of the molecule is CCC(NC(=O)C(C)(N)C1CC1)c1ccc(C)cc1. The van der Waals surface area contributed by atoms with E-state index >= 15 is 0 Å². The number of rotatable bonds is 5. The van der Waals surface area contributed by atoms with Crippen molar-refractivity contribution in [1.29, 1.82) is 0 Å². The van der Waals surface area contributed by atoms with E-state index in [1.54, 1.807) is 0 Å². The highest BCUT2D eigenvalue weighted by molar-refractivity contribution is 5.86. The number of nitrogens with one attached hydrogen (secondary N) is 1. The van der Waals surface area contributed by atoms with Crippen molar-refractivity contribution >= 4 is 5.91 Å². The lowest BCUT2D eigenvalue weighted by Crippen LogP contribution is -2.54. The van der Waals surface area contributed by atoms with Crippen molar-refractivity contribution in [2.75, 3.05) is 0 Å². The van der Waals surface area contributed by atoms with Gasteiger partial charge in [0.05, 0.1) is 11.6 Å². The highest BCUT2D eigenvalue weighted by Gasteiger charge is 2.44. The van der Waals surface area contributed by atoms with Crippen molar-refractivity contribution in [3.05, 3.63) is 35.4 Å². The molecule has 2 unspecified atom stereocenters. The summed E-state index contributed by atoms with van der Waals surface area (Å²) in [7, 11) is 0. The smallest absolute Gasteiger partial charge is 0.240 e. The minimum Gasteiger partial charge on any atom is -0.348 e. The summed E-state index contributed by atoms with van der Waals surface area (Å²) in [6, 6.07) is 8.36. The van der Waals surface area contributed by atoms with Crippen LogP contribution in [0.25, 0.3) is 0 Å². The monoisotopic (exact) mass is 260 g/mol. The van der Waals surface area contributed by atoms with Crippen molar-refractivity contribution in [2.45, 2.75) is 51.6 Å². The van der Waals surface area contributed by atoms with Gasteiger partial charge in [-0.05, 0) is 44.6 Å². The first kappa shape index (κ1) is 14.1. The lowest BCUT2D eigenvalue weighted by atomic mass is 9.94. The van der Waals surface area contributed by atoms with Gasteiger partial charge < -0.3 is 11.1 Å². The third-order valence-corrected chi connectivity index (χ3v) is 4.11. The molecular weight excluding hydrogens is 236 g/mol. The molecule has 2 atom stereocenters. The molecule has 3 nitrogen and oxygen atoms in total. The minimum absolute atomic E-state index is 0.0255. The Balaban J connectivity index is 2.06. The number of amides is 1. The van der Waals surface area contributed by atoms with Crippen molar-refractivity contribution < 1.29 is 4.79 Å². The van der Waals surface area contributed by atoms with Crippen LogP contribution in [0, 0.1) is 12.8 Å². The lowest BCUT2D eigenvalue weighted by molar-refractivity contribution is -0.127. The summed E-state index contributed by atoms with van der Waals surface area (Å²) in [5.41, 5.74) is 7.81. The van der Waals surface area contributed by atoms with E-state index in [1.807, 2.05) is 6.92 Å². The largest absolute Gasteiger partial charge is 0.348 e. The summed E-state index contributed by atoms with van der Waals surface area (Å²) < 4.78 is 0. The van der Waals surface area contributed by atoms with Crippen LogP contribution in [0.5, 0.6) is 0 Å². The molecule has 1 aromatic carbocycles. The highest BCUT2D eigenvalue weighted by atomic mass is 16.2. The molecular formula is C16H24N2O. The summed E-state index contributed by atoms with van der Waals surface area (Å²) in [6.07, 6.45) is 3.01. The Morgan fingerprint density at radius 3 is 2.47 bits per heavy atom. The second-order valence-electron chi connectivity index (χ2n) is 5.90. The van der Waals surface area contributed by atoms with Gasteiger partial charge >= 0.3 is 0 Å². The molecule has 0 spiro atoms. The van der Waals surface area contributed by atoms with E-state index < -0.39 is 5.54 Å². The number of carbonyl (C=O) groups is 1. The molecule has 1 amide bonds. The Morgan fingerprint density at radius 1 is 1.42 bits per heavy atom. The number of nitrogens with two attached hydrogens (primary N) is 1. The molecule has 0 bridgehead atoms. The van der Waals surface area contributed by atoms with Gasteiger partial charge in [0.1, 0.15) is 0 Å². The molecule has 2 rings (SSSR count). The van der Waals surface area contributed by atoms with Gasteiger partial charge in [-0.3, -0.25) is 4.79 Å². The van der Waals surface area contributed by atoms with Crippen LogP contribution in [0.2, 0.25) is 0 Å². The third kappa shape index (κ3) is 3.16. The molecule has 19 heavy (non-hydrogen) atoms. The first-order valence-corrected chi connectivity index (χ1v) is 7.11. The molecule has 104 valence electrons. The van der Waals surface area contributed by atoms with Gasteiger partial charge in [-0.2, -0.15) is 0 Å². The average Bonchev–Trinajstić information content (AvgIpc) is 3.21. The standard InChI is InChI=1S/C16H24N2O/c1-4-14(12-7-5-11(2)6-8-12)18-15(19)16(3,17)13-9-10-13/h5-8,13-14H,4,9-10,17H2,1-3H3,(H,18,19). The van der Waals surface area contributed by atoms with Crippen LogP contribution in [0.1, 0.15) is 50.3 Å². The maximum Gasteiger partial charge on any atom is 0.240 e. The van der Waals surface area contributed by atoms with E-state index in [-0.39, 0.29) is 11.9 Å². The van der Waals surface area contributed by atoms with Crippen LogP contribution >= 0.6 is 0 Å².